The van der Waals surface area contributed by atoms with Crippen molar-refractivity contribution in [1.29, 1.82) is 5.26 Å². The summed E-state index contributed by atoms with van der Waals surface area (Å²) in [6, 6.07) is 11.2. The number of nitrogens with zero attached hydrogens (tertiary/aromatic N) is 2. The third kappa shape index (κ3) is 2.61. The minimum absolute atomic E-state index is 0.132. The second-order valence-electron chi connectivity index (χ2n) is 4.83. The van der Waals surface area contributed by atoms with Crippen LogP contribution in [-0.2, 0) is 0 Å². The Kier molecular flexibility index (Phi) is 3.33. The van der Waals surface area contributed by atoms with Crippen molar-refractivity contribution >= 4 is 27.5 Å². The molecule has 1 aromatic carbocycles. The number of nitriles is 1. The van der Waals surface area contributed by atoms with E-state index in [4.69, 9.17) is 5.26 Å². The zero-order valence-electron chi connectivity index (χ0n) is 10.6. The van der Waals surface area contributed by atoms with Crippen LogP contribution in [0.4, 0.5) is 5.69 Å². The van der Waals surface area contributed by atoms with Crippen molar-refractivity contribution in [2.45, 2.75) is 18.9 Å². The van der Waals surface area contributed by atoms with E-state index in [2.05, 4.69) is 27.3 Å². The molecule has 4 nitrogen and oxygen atoms in total. The predicted octanol–water partition coefficient (Wildman–Crippen LogP) is 3.71. The van der Waals surface area contributed by atoms with Crippen LogP contribution in [0.1, 0.15) is 34.9 Å². The Morgan fingerprint density at radius 2 is 2.05 bits per heavy atom. The maximum atomic E-state index is 12.3. The normalized spacial score (nSPS) is 13.8. The number of hydrogen-bond acceptors (Lipinski definition) is 2. The topological polar surface area (TPSA) is 57.8 Å². The van der Waals surface area contributed by atoms with Gasteiger partial charge in [-0.3, -0.25) is 4.79 Å². The first-order valence-electron chi connectivity index (χ1n) is 6.36. The molecule has 1 aliphatic rings. The molecule has 0 bridgehead atoms. The van der Waals surface area contributed by atoms with Crippen LogP contribution in [0.2, 0.25) is 0 Å². The quantitative estimate of drug-likeness (QED) is 0.933. The Morgan fingerprint density at radius 1 is 1.35 bits per heavy atom. The summed E-state index contributed by atoms with van der Waals surface area (Å²) in [4.78, 5) is 12.3. The third-order valence-corrected chi connectivity index (χ3v) is 3.69. The number of rotatable bonds is 3. The zero-order valence-corrected chi connectivity index (χ0v) is 12.2. The summed E-state index contributed by atoms with van der Waals surface area (Å²) in [5.41, 5.74) is 1.92. The van der Waals surface area contributed by atoms with Crippen LogP contribution < -0.4 is 5.32 Å². The molecule has 1 amide bonds. The fraction of sp³-hybridized carbons (Fsp3) is 0.200. The minimum atomic E-state index is -0.132. The van der Waals surface area contributed by atoms with Gasteiger partial charge in [-0.05, 0) is 59.1 Å². The van der Waals surface area contributed by atoms with E-state index in [-0.39, 0.29) is 5.91 Å². The molecule has 1 aliphatic carbocycles. The van der Waals surface area contributed by atoms with Gasteiger partial charge in [0.05, 0.1) is 11.6 Å². The smallest absolute Gasteiger partial charge is 0.272 e. The van der Waals surface area contributed by atoms with Gasteiger partial charge in [-0.25, -0.2) is 0 Å². The fourth-order valence-corrected chi connectivity index (χ4v) is 2.54. The summed E-state index contributed by atoms with van der Waals surface area (Å²) >= 11 is 3.41. The molecular weight excluding hydrogens is 318 g/mol. The van der Waals surface area contributed by atoms with E-state index in [0.29, 0.717) is 23.0 Å². The van der Waals surface area contributed by atoms with Gasteiger partial charge in [0.15, 0.2) is 0 Å². The van der Waals surface area contributed by atoms with Crippen molar-refractivity contribution in [3.05, 3.63) is 52.3 Å². The lowest BCUT2D eigenvalue weighted by atomic mass is 10.2. The lowest BCUT2D eigenvalue weighted by Crippen LogP contribution is -2.16. The van der Waals surface area contributed by atoms with Crippen molar-refractivity contribution < 1.29 is 4.79 Å². The van der Waals surface area contributed by atoms with E-state index < -0.39 is 0 Å². The summed E-state index contributed by atoms with van der Waals surface area (Å²) in [6.07, 6.45) is 4.20. The van der Waals surface area contributed by atoms with Gasteiger partial charge in [-0.2, -0.15) is 5.26 Å². The van der Waals surface area contributed by atoms with Gasteiger partial charge in [0.25, 0.3) is 5.91 Å². The van der Waals surface area contributed by atoms with Gasteiger partial charge in [0.1, 0.15) is 5.69 Å². The number of carbonyl (C=O) groups excluding carboxylic acids is 1. The lowest BCUT2D eigenvalue weighted by Gasteiger charge is -2.08. The average molecular weight is 330 g/mol. The average Bonchev–Trinajstić information content (AvgIpc) is 3.22. The van der Waals surface area contributed by atoms with E-state index >= 15 is 0 Å². The molecule has 2 aromatic rings. The molecule has 1 N–H and O–H groups in total. The summed E-state index contributed by atoms with van der Waals surface area (Å²) in [5, 5.41) is 11.6. The number of halogens is 1. The maximum absolute atomic E-state index is 12.3. The standard InChI is InChI=1S/C15H12BrN3O/c16-11-7-14(19(9-11)13-5-6-13)15(20)18-12-3-1-10(8-17)2-4-12/h1-4,7,9,13H,5-6H2,(H,18,20). The molecule has 0 spiro atoms. The molecule has 20 heavy (non-hydrogen) atoms. The van der Waals surface area contributed by atoms with Gasteiger partial charge in [0.2, 0.25) is 0 Å². The molecule has 0 radical (unpaired) electrons. The molecule has 100 valence electrons. The minimum Gasteiger partial charge on any atom is -0.339 e. The van der Waals surface area contributed by atoms with E-state index in [1.807, 2.05) is 16.8 Å². The van der Waals surface area contributed by atoms with Gasteiger partial charge in [0, 0.05) is 22.4 Å². The highest BCUT2D eigenvalue weighted by Gasteiger charge is 2.27. The van der Waals surface area contributed by atoms with Crippen molar-refractivity contribution in [2.75, 3.05) is 5.32 Å². The van der Waals surface area contributed by atoms with Gasteiger partial charge in [-0.1, -0.05) is 0 Å². The Balaban J connectivity index is 1.80. The third-order valence-electron chi connectivity index (χ3n) is 3.26. The summed E-state index contributed by atoms with van der Waals surface area (Å²) in [5.74, 6) is -0.132. The van der Waals surface area contributed by atoms with Crippen LogP contribution >= 0.6 is 15.9 Å². The molecule has 1 fully saturated rings. The predicted molar refractivity (Wildman–Crippen MR) is 79.5 cm³/mol. The number of amides is 1. The van der Waals surface area contributed by atoms with Gasteiger partial charge in [-0.15, -0.1) is 0 Å². The van der Waals surface area contributed by atoms with Crippen LogP contribution in [0.3, 0.4) is 0 Å². The van der Waals surface area contributed by atoms with Crippen LogP contribution in [-0.4, -0.2) is 10.5 Å². The molecule has 0 aliphatic heterocycles. The van der Waals surface area contributed by atoms with Crippen LogP contribution in [0.25, 0.3) is 0 Å². The Labute approximate surface area is 125 Å². The number of nitrogens with one attached hydrogen (secondary N) is 1. The van der Waals surface area contributed by atoms with Gasteiger partial charge >= 0.3 is 0 Å². The number of anilines is 1. The molecule has 3 rings (SSSR count). The molecule has 1 aromatic heterocycles. The largest absolute Gasteiger partial charge is 0.339 e. The molecule has 1 saturated carbocycles. The van der Waals surface area contributed by atoms with Gasteiger partial charge < -0.3 is 9.88 Å². The first-order chi connectivity index (χ1) is 9.67. The summed E-state index contributed by atoms with van der Waals surface area (Å²) < 4.78 is 2.93. The maximum Gasteiger partial charge on any atom is 0.272 e. The van der Waals surface area contributed by atoms with E-state index in [1.165, 1.54) is 0 Å². The van der Waals surface area contributed by atoms with E-state index in [1.54, 1.807) is 24.3 Å². The Morgan fingerprint density at radius 3 is 2.65 bits per heavy atom. The molecule has 5 heteroatoms. The number of aromatic nitrogens is 1. The molecule has 0 unspecified atom stereocenters. The zero-order chi connectivity index (χ0) is 14.1. The molecular formula is C15H12BrN3O. The lowest BCUT2D eigenvalue weighted by molar-refractivity contribution is 0.101. The highest BCUT2D eigenvalue weighted by atomic mass is 79.9. The van der Waals surface area contributed by atoms with Crippen molar-refractivity contribution in [3.8, 4) is 6.07 Å². The monoisotopic (exact) mass is 329 g/mol. The van der Waals surface area contributed by atoms with Crippen LogP contribution in [0.5, 0.6) is 0 Å². The summed E-state index contributed by atoms with van der Waals surface area (Å²) in [7, 11) is 0. The first-order valence-corrected chi connectivity index (χ1v) is 7.15. The first kappa shape index (κ1) is 12.9. The molecule has 0 atom stereocenters. The molecule has 1 heterocycles. The number of carbonyl (C=O) groups is 1. The van der Waals surface area contributed by atoms with Crippen LogP contribution in [0, 0.1) is 11.3 Å². The van der Waals surface area contributed by atoms with E-state index in [0.717, 1.165) is 17.3 Å². The second-order valence-corrected chi connectivity index (χ2v) is 5.74. The Hall–Kier alpha value is -2.06. The Bertz CT molecular complexity index is 693. The highest BCUT2D eigenvalue weighted by Crippen LogP contribution is 2.37. The number of benzene rings is 1. The van der Waals surface area contributed by atoms with Crippen LogP contribution in [0.15, 0.2) is 41.0 Å². The highest BCUT2D eigenvalue weighted by molar-refractivity contribution is 9.10. The second kappa shape index (κ2) is 5.14. The van der Waals surface area contributed by atoms with Crippen molar-refractivity contribution in [1.82, 2.24) is 4.57 Å². The fourth-order valence-electron chi connectivity index (χ4n) is 2.11. The SMILES string of the molecule is N#Cc1ccc(NC(=O)c2cc(Br)cn2C2CC2)cc1. The van der Waals surface area contributed by atoms with Crippen molar-refractivity contribution in [3.63, 3.8) is 0 Å². The van der Waals surface area contributed by atoms with E-state index in [9.17, 15) is 4.79 Å². The summed E-state index contributed by atoms with van der Waals surface area (Å²) in [6.45, 7) is 0. The van der Waals surface area contributed by atoms with Crippen molar-refractivity contribution in [2.24, 2.45) is 0 Å². The molecule has 0 saturated heterocycles. The number of hydrogen-bond donors (Lipinski definition) is 1.